The number of carboxylic acid groups (broad SMARTS) is 1. The number of hydrogen-bond donors (Lipinski definition) is 3. The van der Waals surface area contributed by atoms with E-state index in [-0.39, 0.29) is 12.3 Å². The predicted octanol–water partition coefficient (Wildman–Crippen LogP) is 1.41. The van der Waals surface area contributed by atoms with Crippen LogP contribution in [-0.2, 0) is 9.59 Å². The first-order chi connectivity index (χ1) is 8.25. The van der Waals surface area contributed by atoms with Crippen molar-refractivity contribution in [3.63, 3.8) is 0 Å². The largest absolute Gasteiger partial charge is 0.480 e. The quantitative estimate of drug-likeness (QED) is 0.693. The summed E-state index contributed by atoms with van der Waals surface area (Å²) in [5.74, 6) is -1.12. The smallest absolute Gasteiger partial charge is 0.329 e. The molecule has 0 spiro atoms. The fourth-order valence-electron chi connectivity index (χ4n) is 2.31. The summed E-state index contributed by atoms with van der Waals surface area (Å²) in [6.07, 6.45) is 4.64. The zero-order chi connectivity index (χ0) is 13.8. The summed E-state index contributed by atoms with van der Waals surface area (Å²) < 4.78 is 0. The SMILES string of the molecule is CC(C)(N)CCC(=O)NC1(C(=O)O)CCCCC1. The molecule has 104 valence electrons. The van der Waals surface area contributed by atoms with E-state index < -0.39 is 17.0 Å². The van der Waals surface area contributed by atoms with Gasteiger partial charge in [0.15, 0.2) is 0 Å². The van der Waals surface area contributed by atoms with Gasteiger partial charge in [0.05, 0.1) is 0 Å². The van der Waals surface area contributed by atoms with Crippen LogP contribution in [0.4, 0.5) is 0 Å². The molecule has 5 heteroatoms. The van der Waals surface area contributed by atoms with Gasteiger partial charge >= 0.3 is 5.97 Å². The van der Waals surface area contributed by atoms with Gasteiger partial charge in [-0.2, -0.15) is 0 Å². The number of carbonyl (C=O) groups excluding carboxylic acids is 1. The lowest BCUT2D eigenvalue weighted by molar-refractivity contribution is -0.149. The average molecular weight is 256 g/mol. The van der Waals surface area contributed by atoms with Crippen molar-refractivity contribution in [3.8, 4) is 0 Å². The molecule has 0 heterocycles. The van der Waals surface area contributed by atoms with E-state index in [2.05, 4.69) is 5.32 Å². The first-order valence-corrected chi connectivity index (χ1v) is 6.58. The number of carboxylic acids is 1. The van der Waals surface area contributed by atoms with Crippen LogP contribution in [0.1, 0.15) is 58.8 Å². The van der Waals surface area contributed by atoms with E-state index in [1.165, 1.54) is 0 Å². The van der Waals surface area contributed by atoms with Crippen LogP contribution in [0.25, 0.3) is 0 Å². The molecule has 1 aliphatic rings. The van der Waals surface area contributed by atoms with Gasteiger partial charge in [0, 0.05) is 12.0 Å². The minimum Gasteiger partial charge on any atom is -0.480 e. The highest BCUT2D eigenvalue weighted by atomic mass is 16.4. The third kappa shape index (κ3) is 4.29. The second-order valence-corrected chi connectivity index (χ2v) is 5.98. The molecule has 0 saturated heterocycles. The summed E-state index contributed by atoms with van der Waals surface area (Å²) in [5.41, 5.74) is 4.36. The number of nitrogens with two attached hydrogens (primary N) is 1. The average Bonchev–Trinajstić information content (AvgIpc) is 2.26. The molecule has 18 heavy (non-hydrogen) atoms. The van der Waals surface area contributed by atoms with E-state index in [9.17, 15) is 14.7 Å². The number of amides is 1. The number of hydrogen-bond acceptors (Lipinski definition) is 3. The second-order valence-electron chi connectivity index (χ2n) is 5.98. The molecule has 4 N–H and O–H groups in total. The molecule has 0 aromatic rings. The molecule has 1 aliphatic carbocycles. The maximum atomic E-state index is 11.8. The summed E-state index contributed by atoms with van der Waals surface area (Å²) in [6, 6.07) is 0. The first-order valence-electron chi connectivity index (χ1n) is 6.58. The Balaban J connectivity index is 2.56. The molecule has 0 atom stereocenters. The Bertz CT molecular complexity index is 315. The van der Waals surface area contributed by atoms with Crippen LogP contribution < -0.4 is 11.1 Å². The minimum absolute atomic E-state index is 0.210. The molecule has 0 unspecified atom stereocenters. The van der Waals surface area contributed by atoms with Gasteiger partial charge in [-0.15, -0.1) is 0 Å². The van der Waals surface area contributed by atoms with E-state index in [4.69, 9.17) is 5.73 Å². The maximum Gasteiger partial charge on any atom is 0.329 e. The summed E-state index contributed by atoms with van der Waals surface area (Å²) >= 11 is 0. The molecule has 1 rings (SSSR count). The molecule has 0 radical (unpaired) electrons. The van der Waals surface area contributed by atoms with Crippen molar-refractivity contribution in [1.82, 2.24) is 5.32 Å². The van der Waals surface area contributed by atoms with Gasteiger partial charge in [0.1, 0.15) is 5.54 Å². The van der Waals surface area contributed by atoms with Crippen LogP contribution in [-0.4, -0.2) is 28.1 Å². The fourth-order valence-corrected chi connectivity index (χ4v) is 2.31. The third-order valence-electron chi connectivity index (χ3n) is 3.49. The third-order valence-corrected chi connectivity index (χ3v) is 3.49. The Morgan fingerprint density at radius 3 is 2.28 bits per heavy atom. The van der Waals surface area contributed by atoms with Crippen molar-refractivity contribution in [1.29, 1.82) is 0 Å². The number of aliphatic carboxylic acids is 1. The lowest BCUT2D eigenvalue weighted by atomic mass is 9.81. The van der Waals surface area contributed by atoms with Crippen molar-refractivity contribution >= 4 is 11.9 Å². The molecule has 0 aliphatic heterocycles. The topological polar surface area (TPSA) is 92.4 Å². The Morgan fingerprint density at radius 2 is 1.83 bits per heavy atom. The maximum absolute atomic E-state index is 11.8. The molecule has 1 saturated carbocycles. The van der Waals surface area contributed by atoms with Crippen molar-refractivity contribution in [3.05, 3.63) is 0 Å². The van der Waals surface area contributed by atoms with Crippen LogP contribution in [0.5, 0.6) is 0 Å². The lowest BCUT2D eigenvalue weighted by Crippen LogP contribution is -2.55. The zero-order valence-corrected chi connectivity index (χ0v) is 11.3. The zero-order valence-electron chi connectivity index (χ0n) is 11.3. The number of carbonyl (C=O) groups is 2. The summed E-state index contributed by atoms with van der Waals surface area (Å²) in [4.78, 5) is 23.2. The Hall–Kier alpha value is -1.10. The van der Waals surface area contributed by atoms with Crippen molar-refractivity contribution < 1.29 is 14.7 Å². The standard InChI is InChI=1S/C13H24N2O3/c1-12(2,14)9-6-10(16)15-13(11(17)18)7-4-3-5-8-13/h3-9,14H2,1-2H3,(H,15,16)(H,17,18). The summed E-state index contributed by atoms with van der Waals surface area (Å²) in [7, 11) is 0. The number of nitrogens with one attached hydrogen (secondary N) is 1. The Labute approximate surface area is 108 Å². The lowest BCUT2D eigenvalue weighted by Gasteiger charge is -2.34. The van der Waals surface area contributed by atoms with Crippen LogP contribution in [0, 0.1) is 0 Å². The van der Waals surface area contributed by atoms with E-state index in [1.807, 2.05) is 13.8 Å². The van der Waals surface area contributed by atoms with Crippen molar-refractivity contribution in [2.75, 3.05) is 0 Å². The van der Waals surface area contributed by atoms with Gasteiger partial charge < -0.3 is 16.2 Å². The van der Waals surface area contributed by atoms with E-state index >= 15 is 0 Å². The molecule has 5 nitrogen and oxygen atoms in total. The fraction of sp³-hybridized carbons (Fsp3) is 0.846. The Morgan fingerprint density at radius 1 is 1.28 bits per heavy atom. The van der Waals surface area contributed by atoms with E-state index in [0.717, 1.165) is 19.3 Å². The van der Waals surface area contributed by atoms with Gasteiger partial charge in [-0.1, -0.05) is 19.3 Å². The van der Waals surface area contributed by atoms with Crippen LogP contribution in [0.3, 0.4) is 0 Å². The normalized spacial score (nSPS) is 19.3. The highest BCUT2D eigenvalue weighted by Crippen LogP contribution is 2.28. The Kier molecular flexibility index (Phi) is 4.73. The molecular formula is C13H24N2O3. The van der Waals surface area contributed by atoms with Gasteiger partial charge in [-0.3, -0.25) is 4.79 Å². The predicted molar refractivity (Wildman–Crippen MR) is 69.1 cm³/mol. The van der Waals surface area contributed by atoms with E-state index in [0.29, 0.717) is 19.3 Å². The molecule has 1 fully saturated rings. The van der Waals surface area contributed by atoms with Crippen LogP contribution >= 0.6 is 0 Å². The highest BCUT2D eigenvalue weighted by molar-refractivity contribution is 5.87. The number of rotatable bonds is 5. The van der Waals surface area contributed by atoms with E-state index in [1.54, 1.807) is 0 Å². The van der Waals surface area contributed by atoms with Gasteiger partial charge in [0.2, 0.25) is 5.91 Å². The molecule has 0 bridgehead atoms. The van der Waals surface area contributed by atoms with Gasteiger partial charge in [-0.05, 0) is 33.1 Å². The molecule has 1 amide bonds. The van der Waals surface area contributed by atoms with Crippen molar-refractivity contribution in [2.45, 2.75) is 69.9 Å². The summed E-state index contributed by atoms with van der Waals surface area (Å²) in [5, 5.41) is 12.0. The molecular weight excluding hydrogens is 232 g/mol. The molecule has 0 aromatic carbocycles. The molecule has 0 aromatic heterocycles. The first kappa shape index (κ1) is 15.0. The van der Waals surface area contributed by atoms with Crippen molar-refractivity contribution in [2.24, 2.45) is 5.73 Å². The van der Waals surface area contributed by atoms with Gasteiger partial charge in [-0.25, -0.2) is 4.79 Å². The highest BCUT2D eigenvalue weighted by Gasteiger charge is 2.40. The minimum atomic E-state index is -1.05. The van der Waals surface area contributed by atoms with Crippen LogP contribution in [0.2, 0.25) is 0 Å². The monoisotopic (exact) mass is 256 g/mol. The van der Waals surface area contributed by atoms with Crippen LogP contribution in [0.15, 0.2) is 0 Å². The van der Waals surface area contributed by atoms with Gasteiger partial charge in [0.25, 0.3) is 0 Å². The summed E-state index contributed by atoms with van der Waals surface area (Å²) in [6.45, 7) is 3.71. The second kappa shape index (κ2) is 5.69.